The molecule has 1 atom stereocenters. The lowest BCUT2D eigenvalue weighted by Gasteiger charge is -2.34. The van der Waals surface area contributed by atoms with Crippen molar-refractivity contribution in [2.45, 2.75) is 38.8 Å². The Morgan fingerprint density at radius 1 is 1.58 bits per heavy atom. The van der Waals surface area contributed by atoms with Gasteiger partial charge in [0, 0.05) is 12.6 Å². The minimum Gasteiger partial charge on any atom is -0.465 e. The van der Waals surface area contributed by atoms with Gasteiger partial charge in [0.05, 0.1) is 13.7 Å². The summed E-state index contributed by atoms with van der Waals surface area (Å²) in [5.41, 5.74) is 6.32. The first-order chi connectivity index (χ1) is 9.15. The summed E-state index contributed by atoms with van der Waals surface area (Å²) in [5, 5.41) is 0. The zero-order valence-electron chi connectivity index (χ0n) is 11.6. The van der Waals surface area contributed by atoms with Gasteiger partial charge in [0.1, 0.15) is 17.1 Å². The third-order valence-corrected chi connectivity index (χ3v) is 3.75. The molecular weight excluding hydrogens is 244 g/mol. The molecule has 1 fully saturated rings. The number of furan rings is 1. The number of piperidine rings is 1. The normalized spacial score (nSPS) is 20.5. The van der Waals surface area contributed by atoms with E-state index in [2.05, 4.69) is 4.90 Å². The quantitative estimate of drug-likeness (QED) is 0.840. The van der Waals surface area contributed by atoms with Gasteiger partial charge in [-0.05, 0) is 32.4 Å². The van der Waals surface area contributed by atoms with E-state index < -0.39 is 0 Å². The molecule has 1 saturated heterocycles. The minimum absolute atomic E-state index is 0.346. The lowest BCUT2D eigenvalue weighted by atomic mass is 10.0. The lowest BCUT2D eigenvalue weighted by Crippen LogP contribution is -2.43. The van der Waals surface area contributed by atoms with E-state index >= 15 is 0 Å². The van der Waals surface area contributed by atoms with Gasteiger partial charge in [0.15, 0.2) is 0 Å². The van der Waals surface area contributed by atoms with E-state index in [9.17, 15) is 4.79 Å². The van der Waals surface area contributed by atoms with Crippen molar-refractivity contribution in [3.8, 4) is 0 Å². The van der Waals surface area contributed by atoms with Crippen molar-refractivity contribution >= 4 is 5.97 Å². The van der Waals surface area contributed by atoms with Crippen LogP contribution in [-0.2, 0) is 11.3 Å². The summed E-state index contributed by atoms with van der Waals surface area (Å²) in [6.07, 6.45) is 3.57. The SMILES string of the molecule is COC(=O)c1cc(CN2CCCCC2CN)oc1C. The molecule has 1 aliphatic heterocycles. The van der Waals surface area contributed by atoms with E-state index in [1.54, 1.807) is 13.0 Å². The Morgan fingerprint density at radius 2 is 2.37 bits per heavy atom. The second-order valence-corrected chi connectivity index (χ2v) is 5.03. The predicted octanol–water partition coefficient (Wildman–Crippen LogP) is 1.69. The molecule has 5 heteroatoms. The van der Waals surface area contributed by atoms with Crippen molar-refractivity contribution in [2.24, 2.45) is 5.73 Å². The van der Waals surface area contributed by atoms with E-state index in [0.29, 0.717) is 30.5 Å². The van der Waals surface area contributed by atoms with E-state index in [1.165, 1.54) is 20.0 Å². The Balaban J connectivity index is 2.08. The van der Waals surface area contributed by atoms with Crippen LogP contribution >= 0.6 is 0 Å². The molecule has 0 aliphatic carbocycles. The number of esters is 1. The van der Waals surface area contributed by atoms with E-state index in [1.807, 2.05) is 0 Å². The number of carbonyl (C=O) groups is 1. The molecule has 0 bridgehead atoms. The maximum atomic E-state index is 11.5. The van der Waals surface area contributed by atoms with Gasteiger partial charge in [-0.25, -0.2) is 4.79 Å². The van der Waals surface area contributed by atoms with Gasteiger partial charge < -0.3 is 14.9 Å². The average molecular weight is 266 g/mol. The zero-order chi connectivity index (χ0) is 13.8. The van der Waals surface area contributed by atoms with Crippen LogP contribution in [0, 0.1) is 6.92 Å². The van der Waals surface area contributed by atoms with Crippen molar-refractivity contribution in [2.75, 3.05) is 20.2 Å². The molecule has 0 radical (unpaired) electrons. The molecule has 1 unspecified atom stereocenters. The number of likely N-dealkylation sites (tertiary alicyclic amines) is 1. The second kappa shape index (κ2) is 6.21. The third kappa shape index (κ3) is 3.16. The molecule has 0 spiro atoms. The molecule has 106 valence electrons. The Hall–Kier alpha value is -1.33. The number of methoxy groups -OCH3 is 1. The highest BCUT2D eigenvalue weighted by atomic mass is 16.5. The summed E-state index contributed by atoms with van der Waals surface area (Å²) in [4.78, 5) is 13.9. The number of nitrogens with zero attached hydrogens (tertiary/aromatic N) is 1. The first kappa shape index (κ1) is 14.1. The Kier molecular flexibility index (Phi) is 4.61. The fourth-order valence-electron chi connectivity index (χ4n) is 2.67. The standard InChI is InChI=1S/C14H22N2O3/c1-10-13(14(17)18-2)7-12(19-10)9-16-6-4-3-5-11(16)8-15/h7,11H,3-6,8-9,15H2,1-2H3. The summed E-state index contributed by atoms with van der Waals surface area (Å²) in [6, 6.07) is 2.20. The highest BCUT2D eigenvalue weighted by molar-refractivity contribution is 5.90. The molecule has 19 heavy (non-hydrogen) atoms. The van der Waals surface area contributed by atoms with Crippen molar-refractivity contribution < 1.29 is 13.9 Å². The zero-order valence-corrected chi connectivity index (χ0v) is 11.6. The van der Waals surface area contributed by atoms with Crippen LogP contribution in [0.5, 0.6) is 0 Å². The van der Waals surface area contributed by atoms with Crippen LogP contribution in [0.1, 0.15) is 41.1 Å². The summed E-state index contributed by atoms with van der Waals surface area (Å²) in [5.74, 6) is 1.07. The molecule has 0 saturated carbocycles. The number of carbonyl (C=O) groups excluding carboxylic acids is 1. The van der Waals surface area contributed by atoms with Gasteiger partial charge >= 0.3 is 5.97 Å². The molecule has 1 aliphatic rings. The molecule has 2 N–H and O–H groups in total. The van der Waals surface area contributed by atoms with E-state index in [0.717, 1.165) is 18.7 Å². The van der Waals surface area contributed by atoms with Gasteiger partial charge in [-0.1, -0.05) is 6.42 Å². The van der Waals surface area contributed by atoms with Gasteiger partial charge in [-0.2, -0.15) is 0 Å². The van der Waals surface area contributed by atoms with Gasteiger partial charge in [0.2, 0.25) is 0 Å². The summed E-state index contributed by atoms with van der Waals surface area (Å²) in [6.45, 7) is 4.20. The van der Waals surface area contributed by atoms with E-state index in [-0.39, 0.29) is 5.97 Å². The van der Waals surface area contributed by atoms with Crippen molar-refractivity contribution in [3.05, 3.63) is 23.2 Å². The van der Waals surface area contributed by atoms with Crippen LogP contribution in [0.25, 0.3) is 0 Å². The highest BCUT2D eigenvalue weighted by Gasteiger charge is 2.23. The Bertz CT molecular complexity index is 442. The van der Waals surface area contributed by atoms with Crippen LogP contribution in [0.15, 0.2) is 10.5 Å². The van der Waals surface area contributed by atoms with Crippen molar-refractivity contribution in [1.29, 1.82) is 0 Å². The van der Waals surface area contributed by atoms with Gasteiger partial charge in [-0.15, -0.1) is 0 Å². The van der Waals surface area contributed by atoms with Gasteiger partial charge in [0.25, 0.3) is 0 Å². The van der Waals surface area contributed by atoms with Gasteiger partial charge in [-0.3, -0.25) is 4.90 Å². The topological polar surface area (TPSA) is 68.7 Å². The Morgan fingerprint density at radius 3 is 3.05 bits per heavy atom. The number of aryl methyl sites for hydroxylation is 1. The molecule has 0 amide bonds. The third-order valence-electron chi connectivity index (χ3n) is 3.75. The number of nitrogens with two attached hydrogens (primary N) is 1. The second-order valence-electron chi connectivity index (χ2n) is 5.03. The van der Waals surface area contributed by atoms with Crippen molar-refractivity contribution in [3.63, 3.8) is 0 Å². The largest absolute Gasteiger partial charge is 0.465 e. The Labute approximate surface area is 113 Å². The molecule has 5 nitrogen and oxygen atoms in total. The first-order valence-corrected chi connectivity index (χ1v) is 6.77. The lowest BCUT2D eigenvalue weighted by molar-refractivity contribution is 0.0599. The maximum absolute atomic E-state index is 11.5. The highest BCUT2D eigenvalue weighted by Crippen LogP contribution is 2.22. The number of hydrogen-bond acceptors (Lipinski definition) is 5. The molecular formula is C14H22N2O3. The predicted molar refractivity (Wildman–Crippen MR) is 71.9 cm³/mol. The summed E-state index contributed by atoms with van der Waals surface area (Å²) < 4.78 is 10.4. The smallest absolute Gasteiger partial charge is 0.341 e. The fraction of sp³-hybridized carbons (Fsp3) is 0.643. The fourth-order valence-corrected chi connectivity index (χ4v) is 2.67. The van der Waals surface area contributed by atoms with Crippen LogP contribution in [-0.4, -0.2) is 37.1 Å². The van der Waals surface area contributed by atoms with Crippen LogP contribution in [0.4, 0.5) is 0 Å². The molecule has 1 aromatic heterocycles. The number of hydrogen-bond donors (Lipinski definition) is 1. The summed E-state index contributed by atoms with van der Waals surface area (Å²) >= 11 is 0. The molecule has 1 aromatic rings. The molecule has 2 heterocycles. The number of ether oxygens (including phenoxy) is 1. The van der Waals surface area contributed by atoms with Crippen molar-refractivity contribution in [1.82, 2.24) is 4.90 Å². The average Bonchev–Trinajstić information content (AvgIpc) is 2.79. The molecule has 2 rings (SSSR count). The van der Waals surface area contributed by atoms with Crippen LogP contribution < -0.4 is 5.73 Å². The molecule has 0 aromatic carbocycles. The number of rotatable bonds is 4. The monoisotopic (exact) mass is 266 g/mol. The summed E-state index contributed by atoms with van der Waals surface area (Å²) in [7, 11) is 1.38. The van der Waals surface area contributed by atoms with E-state index in [4.69, 9.17) is 14.9 Å². The first-order valence-electron chi connectivity index (χ1n) is 6.77. The van der Waals surface area contributed by atoms with Crippen LogP contribution in [0.2, 0.25) is 0 Å². The minimum atomic E-state index is -0.346. The van der Waals surface area contributed by atoms with Crippen LogP contribution in [0.3, 0.4) is 0 Å². The maximum Gasteiger partial charge on any atom is 0.341 e.